The number of carbonyl (C=O) groups is 1. The van der Waals surface area contributed by atoms with Crippen molar-refractivity contribution in [3.05, 3.63) is 76.6 Å². The standard InChI is InChI=1S/C36H44ClN3O5S/c1-24(23-46-36-38-14-5-15-39-36)45-30-13-17-43-34(20-30)31-11-8-27(31)21-40-16-4-3-6-25-18-29(37)10-7-28(25)22-44-33-12-9-26(19-32(33)40)35(41)42-2/h5,7,9-10,12,14-15,18-19,24,27,30-31,34H,3-4,6,8,11,13,16-17,20-23H2,1-2H3/t24-,27+,30+,31-,34-/m1/s1. The van der Waals surface area contributed by atoms with E-state index in [1.165, 1.54) is 12.7 Å². The van der Waals surface area contributed by atoms with Gasteiger partial charge in [0.15, 0.2) is 5.16 Å². The van der Waals surface area contributed by atoms with Gasteiger partial charge < -0.3 is 23.8 Å². The summed E-state index contributed by atoms with van der Waals surface area (Å²) in [7, 11) is 1.42. The minimum absolute atomic E-state index is 0.107. The van der Waals surface area contributed by atoms with Gasteiger partial charge >= 0.3 is 5.97 Å². The van der Waals surface area contributed by atoms with Crippen LogP contribution in [0.5, 0.6) is 5.75 Å². The molecule has 0 radical (unpaired) electrons. The number of aromatic nitrogens is 2. The van der Waals surface area contributed by atoms with Crippen LogP contribution in [0.1, 0.15) is 66.9 Å². The first-order valence-corrected chi connectivity index (χ1v) is 17.9. The number of aryl methyl sites for hydroxylation is 1. The lowest BCUT2D eigenvalue weighted by molar-refractivity contribution is -0.126. The molecule has 8 nitrogen and oxygen atoms in total. The number of halogens is 1. The summed E-state index contributed by atoms with van der Waals surface area (Å²) in [6.45, 7) is 5.07. The summed E-state index contributed by atoms with van der Waals surface area (Å²) in [4.78, 5) is 23.6. The number of methoxy groups -OCH3 is 1. The highest BCUT2D eigenvalue weighted by Crippen LogP contribution is 2.43. The molecule has 0 bridgehead atoms. The zero-order valence-corrected chi connectivity index (χ0v) is 28.3. The molecule has 6 rings (SSSR count). The first kappa shape index (κ1) is 33.1. The number of rotatable bonds is 9. The third-order valence-corrected chi connectivity index (χ3v) is 10.8. The molecule has 46 heavy (non-hydrogen) atoms. The number of nitrogens with zero attached hydrogens (tertiary/aromatic N) is 3. The van der Waals surface area contributed by atoms with Gasteiger partial charge in [0.2, 0.25) is 0 Å². The fourth-order valence-electron chi connectivity index (χ4n) is 6.91. The molecule has 0 unspecified atom stereocenters. The Hall–Kier alpha value is -2.85. The summed E-state index contributed by atoms with van der Waals surface area (Å²) in [5.74, 6) is 2.22. The summed E-state index contributed by atoms with van der Waals surface area (Å²) < 4.78 is 24.5. The molecule has 2 aromatic carbocycles. The van der Waals surface area contributed by atoms with Crippen molar-refractivity contribution in [1.29, 1.82) is 0 Å². The van der Waals surface area contributed by atoms with Crippen molar-refractivity contribution in [3.8, 4) is 5.75 Å². The van der Waals surface area contributed by atoms with Gasteiger partial charge in [-0.25, -0.2) is 14.8 Å². The van der Waals surface area contributed by atoms with E-state index in [9.17, 15) is 4.79 Å². The molecule has 5 atom stereocenters. The summed E-state index contributed by atoms with van der Waals surface area (Å²) in [6, 6.07) is 13.5. The van der Waals surface area contributed by atoms with Crippen LogP contribution >= 0.6 is 23.4 Å². The van der Waals surface area contributed by atoms with E-state index in [0.717, 1.165) is 97.6 Å². The minimum atomic E-state index is -0.343. The molecule has 1 aromatic heterocycles. The van der Waals surface area contributed by atoms with Crippen LogP contribution in [0, 0.1) is 11.8 Å². The van der Waals surface area contributed by atoms with Gasteiger partial charge in [-0.1, -0.05) is 29.4 Å². The number of ether oxygens (including phenoxy) is 4. The Morgan fingerprint density at radius 2 is 1.98 bits per heavy atom. The zero-order chi connectivity index (χ0) is 31.9. The molecule has 3 aromatic rings. The highest BCUT2D eigenvalue weighted by Gasteiger charge is 2.41. The SMILES string of the molecule is COC(=O)c1ccc2c(c1)N(C[C@@H]1CC[C@H]1[C@H]1C[C@@H](O[C@H](C)CSc3ncccn3)CCO1)CCCCc1cc(Cl)ccc1CO2. The summed E-state index contributed by atoms with van der Waals surface area (Å²) >= 11 is 7.99. The van der Waals surface area contributed by atoms with Crippen LogP contribution in [-0.4, -0.2) is 66.8 Å². The Morgan fingerprint density at radius 3 is 2.78 bits per heavy atom. The number of fused-ring (bicyclic) bond motifs is 2. The predicted octanol–water partition coefficient (Wildman–Crippen LogP) is 7.41. The highest BCUT2D eigenvalue weighted by atomic mass is 35.5. The van der Waals surface area contributed by atoms with E-state index in [2.05, 4.69) is 33.9 Å². The molecule has 1 saturated carbocycles. The van der Waals surface area contributed by atoms with Gasteiger partial charge in [-0.15, -0.1) is 0 Å². The predicted molar refractivity (Wildman–Crippen MR) is 181 cm³/mol. The van der Waals surface area contributed by atoms with Crippen LogP contribution in [0.4, 0.5) is 5.69 Å². The zero-order valence-electron chi connectivity index (χ0n) is 26.7. The van der Waals surface area contributed by atoms with Crippen molar-refractivity contribution < 1.29 is 23.7 Å². The molecule has 0 spiro atoms. The van der Waals surface area contributed by atoms with E-state index in [0.29, 0.717) is 24.0 Å². The van der Waals surface area contributed by atoms with Gasteiger partial charge in [-0.2, -0.15) is 0 Å². The molecule has 0 N–H and O–H groups in total. The van der Waals surface area contributed by atoms with E-state index >= 15 is 0 Å². The van der Waals surface area contributed by atoms with Crippen molar-refractivity contribution in [2.24, 2.45) is 11.8 Å². The third-order valence-electron chi connectivity index (χ3n) is 9.49. The van der Waals surface area contributed by atoms with Crippen molar-refractivity contribution in [2.75, 3.05) is 37.5 Å². The molecule has 3 heterocycles. The largest absolute Gasteiger partial charge is 0.487 e. The molecule has 3 aliphatic rings. The van der Waals surface area contributed by atoms with Gasteiger partial charge in [0.25, 0.3) is 0 Å². The van der Waals surface area contributed by atoms with Crippen LogP contribution in [0.3, 0.4) is 0 Å². The number of thioether (sulfide) groups is 1. The molecule has 2 aliphatic heterocycles. The normalized spacial score (nSPS) is 23.9. The Labute approximate surface area is 281 Å². The van der Waals surface area contributed by atoms with E-state index in [1.807, 2.05) is 24.3 Å². The molecule has 10 heteroatoms. The second-order valence-corrected chi connectivity index (χ2v) is 14.0. The number of anilines is 1. The summed E-state index contributed by atoms with van der Waals surface area (Å²) in [5.41, 5.74) is 3.86. The number of esters is 1. The van der Waals surface area contributed by atoms with Crippen molar-refractivity contribution in [2.45, 2.75) is 81.9 Å². The van der Waals surface area contributed by atoms with Gasteiger partial charge in [-0.05, 0) is 105 Å². The van der Waals surface area contributed by atoms with Crippen molar-refractivity contribution in [1.82, 2.24) is 9.97 Å². The topological polar surface area (TPSA) is 83.0 Å². The molecule has 246 valence electrons. The molecule has 2 fully saturated rings. The van der Waals surface area contributed by atoms with Gasteiger partial charge in [-0.3, -0.25) is 0 Å². The van der Waals surface area contributed by atoms with Crippen molar-refractivity contribution >= 4 is 35.0 Å². The lowest BCUT2D eigenvalue weighted by Gasteiger charge is -2.46. The van der Waals surface area contributed by atoms with E-state index in [4.69, 9.17) is 30.5 Å². The maximum absolute atomic E-state index is 12.6. The maximum Gasteiger partial charge on any atom is 0.337 e. The monoisotopic (exact) mass is 665 g/mol. The molecule has 1 aliphatic carbocycles. The first-order valence-electron chi connectivity index (χ1n) is 16.5. The number of hydrogen-bond donors (Lipinski definition) is 0. The fraction of sp³-hybridized carbons (Fsp3) is 0.528. The second kappa shape index (κ2) is 15.8. The quantitative estimate of drug-likeness (QED) is 0.132. The minimum Gasteiger partial charge on any atom is -0.487 e. The van der Waals surface area contributed by atoms with Gasteiger partial charge in [0.05, 0.1) is 36.7 Å². The first-order chi connectivity index (χ1) is 22.5. The lowest BCUT2D eigenvalue weighted by atomic mass is 9.68. The summed E-state index contributed by atoms with van der Waals surface area (Å²) in [5, 5.41) is 1.54. The molecular formula is C36H44ClN3O5S. The second-order valence-electron chi connectivity index (χ2n) is 12.6. The maximum atomic E-state index is 12.6. The third kappa shape index (κ3) is 8.35. The smallest absolute Gasteiger partial charge is 0.337 e. The summed E-state index contributed by atoms with van der Waals surface area (Å²) in [6.07, 6.45) is 11.2. The Morgan fingerprint density at radius 1 is 1.11 bits per heavy atom. The van der Waals surface area contributed by atoms with Crippen LogP contribution in [0.2, 0.25) is 5.02 Å². The average molecular weight is 666 g/mol. The fourth-order valence-corrected chi connectivity index (χ4v) is 7.84. The van der Waals surface area contributed by atoms with Gasteiger partial charge in [0.1, 0.15) is 12.4 Å². The lowest BCUT2D eigenvalue weighted by Crippen LogP contribution is -2.47. The van der Waals surface area contributed by atoms with Crippen LogP contribution in [0.15, 0.2) is 60.0 Å². The Bertz CT molecular complexity index is 1460. The molecule has 1 saturated heterocycles. The van der Waals surface area contributed by atoms with E-state index in [1.54, 1.807) is 30.2 Å². The molecular weight excluding hydrogens is 622 g/mol. The van der Waals surface area contributed by atoms with Crippen LogP contribution in [0.25, 0.3) is 0 Å². The number of benzene rings is 2. The van der Waals surface area contributed by atoms with Crippen LogP contribution in [-0.2, 0) is 27.2 Å². The van der Waals surface area contributed by atoms with Gasteiger partial charge in [0, 0.05) is 49.3 Å². The Balaban J connectivity index is 1.13. The number of hydrogen-bond acceptors (Lipinski definition) is 9. The van der Waals surface area contributed by atoms with Crippen LogP contribution < -0.4 is 9.64 Å². The van der Waals surface area contributed by atoms with E-state index < -0.39 is 0 Å². The Kier molecular flexibility index (Phi) is 11.4. The highest BCUT2D eigenvalue weighted by molar-refractivity contribution is 7.99. The number of carbonyl (C=O) groups excluding carboxylic acids is 1. The average Bonchev–Trinajstić information content (AvgIpc) is 3.09. The van der Waals surface area contributed by atoms with E-state index in [-0.39, 0.29) is 24.3 Å². The van der Waals surface area contributed by atoms with Crippen molar-refractivity contribution in [3.63, 3.8) is 0 Å². The molecule has 0 amide bonds.